The molecule has 0 unspecified atom stereocenters. The molecule has 1 atom stereocenters. The molecule has 3 aromatic rings. The van der Waals surface area contributed by atoms with Gasteiger partial charge in [0, 0.05) is 19.6 Å². The van der Waals surface area contributed by atoms with Crippen molar-refractivity contribution in [2.45, 2.75) is 83.9 Å². The van der Waals surface area contributed by atoms with E-state index in [-0.39, 0.29) is 37.2 Å². The third-order valence-electron chi connectivity index (χ3n) is 7.39. The van der Waals surface area contributed by atoms with Crippen molar-refractivity contribution < 1.29 is 40.6 Å². The summed E-state index contributed by atoms with van der Waals surface area (Å²) in [5.74, 6) is -0.0205. The van der Waals surface area contributed by atoms with Gasteiger partial charge in [-0.1, -0.05) is 5.10 Å². The number of nitrogens with zero attached hydrogens (tertiary/aromatic N) is 6. The fraction of sp³-hybridized carbons (Fsp3) is 0.517. The van der Waals surface area contributed by atoms with Gasteiger partial charge < -0.3 is 20.1 Å². The molecule has 10 nitrogen and oxygen atoms in total. The Hall–Kier alpha value is -3.92. The van der Waals surface area contributed by atoms with Gasteiger partial charge in [0.1, 0.15) is 5.60 Å². The number of carbonyl (C=O) groups is 1. The van der Waals surface area contributed by atoms with Crippen molar-refractivity contribution in [3.05, 3.63) is 63.7 Å². The molecule has 0 fully saturated rings. The van der Waals surface area contributed by atoms with Gasteiger partial charge in [-0.05, 0) is 91.4 Å². The number of fused-ring (bicyclic) bond motifs is 2. The van der Waals surface area contributed by atoms with Gasteiger partial charge in [-0.25, -0.2) is 4.79 Å². The Kier molecular flexibility index (Phi) is 8.74. The number of benzene rings is 2. The van der Waals surface area contributed by atoms with Crippen LogP contribution in [0.15, 0.2) is 30.3 Å². The van der Waals surface area contributed by atoms with E-state index >= 15 is 0 Å². The van der Waals surface area contributed by atoms with Gasteiger partial charge >= 0.3 is 18.4 Å². The zero-order chi connectivity index (χ0) is 32.7. The number of rotatable bonds is 6. The molecule has 45 heavy (non-hydrogen) atoms. The third kappa shape index (κ3) is 7.32. The minimum atomic E-state index is -5.02. The Morgan fingerprint density at radius 3 is 2.27 bits per heavy atom. The fourth-order valence-electron chi connectivity index (χ4n) is 5.47. The van der Waals surface area contributed by atoms with E-state index in [1.807, 2.05) is 12.1 Å². The maximum absolute atomic E-state index is 13.8. The predicted molar refractivity (Wildman–Crippen MR) is 150 cm³/mol. The van der Waals surface area contributed by atoms with E-state index in [0.717, 1.165) is 11.1 Å². The first kappa shape index (κ1) is 32.5. The van der Waals surface area contributed by atoms with E-state index in [2.05, 4.69) is 15.4 Å². The summed E-state index contributed by atoms with van der Waals surface area (Å²) in [4.78, 5) is 17.6. The van der Waals surface area contributed by atoms with Gasteiger partial charge in [-0.2, -0.15) is 31.1 Å². The standard InChI is InChI=1S/C29H33F6N7O3/c1-27(2,3)45-26(43)40-7-4-5-23(22-11-18-15-44-16-19(18)12-24(22)40)41(25-37-39-42(38-25)8-6-36)14-17-9-20(28(30,31)32)13-21(10-17)29(33,34)35/h9-13,23H,4-8,14-16,36H2,1-3H3/t23-/m0/s1. The summed E-state index contributed by atoms with van der Waals surface area (Å²) in [6.45, 7) is 6.02. The Morgan fingerprint density at radius 2 is 1.67 bits per heavy atom. The number of aromatic nitrogens is 4. The molecule has 5 rings (SSSR count). The van der Waals surface area contributed by atoms with E-state index < -0.39 is 47.8 Å². The van der Waals surface area contributed by atoms with Gasteiger partial charge in [-0.15, -0.1) is 5.10 Å². The second-order valence-electron chi connectivity index (χ2n) is 12.0. The monoisotopic (exact) mass is 641 g/mol. The maximum Gasteiger partial charge on any atom is 0.416 e. The molecular weight excluding hydrogens is 608 g/mol. The van der Waals surface area contributed by atoms with E-state index in [0.29, 0.717) is 49.4 Å². The molecule has 0 bridgehead atoms. The summed E-state index contributed by atoms with van der Waals surface area (Å²) in [6.07, 6.45) is -9.86. The van der Waals surface area contributed by atoms with Crippen molar-refractivity contribution in [2.75, 3.05) is 22.9 Å². The number of carbonyl (C=O) groups excluding carboxylic acids is 1. The summed E-state index contributed by atoms with van der Waals surface area (Å²) < 4.78 is 93.9. The van der Waals surface area contributed by atoms with Gasteiger partial charge in [0.25, 0.3) is 5.95 Å². The number of amides is 1. The average Bonchev–Trinajstić information content (AvgIpc) is 3.55. The van der Waals surface area contributed by atoms with Crippen LogP contribution in [-0.2, 0) is 48.1 Å². The average molecular weight is 642 g/mol. The van der Waals surface area contributed by atoms with Crippen LogP contribution in [0.2, 0.25) is 0 Å². The summed E-state index contributed by atoms with van der Waals surface area (Å²) in [6, 6.07) is 4.46. The zero-order valence-electron chi connectivity index (χ0n) is 24.9. The van der Waals surface area contributed by atoms with Crippen molar-refractivity contribution in [3.8, 4) is 0 Å². The molecule has 2 aliphatic rings. The first-order valence-corrected chi connectivity index (χ1v) is 14.3. The van der Waals surface area contributed by atoms with E-state index in [1.165, 1.54) is 14.6 Å². The molecular formula is C29H33F6N7O3. The third-order valence-corrected chi connectivity index (χ3v) is 7.39. The Labute approximate surface area is 255 Å². The number of alkyl halides is 6. The highest BCUT2D eigenvalue weighted by atomic mass is 19.4. The highest BCUT2D eigenvalue weighted by molar-refractivity contribution is 5.90. The van der Waals surface area contributed by atoms with Crippen molar-refractivity contribution in [2.24, 2.45) is 5.73 Å². The molecule has 2 aromatic carbocycles. The van der Waals surface area contributed by atoms with Gasteiger partial charge in [0.05, 0.1) is 42.6 Å². The minimum Gasteiger partial charge on any atom is -0.443 e. The number of nitrogens with two attached hydrogens (primary N) is 1. The first-order valence-electron chi connectivity index (χ1n) is 14.3. The van der Waals surface area contributed by atoms with Gasteiger partial charge in [-0.3, -0.25) is 4.90 Å². The van der Waals surface area contributed by atoms with Crippen LogP contribution >= 0.6 is 0 Å². The number of ether oxygens (including phenoxy) is 2. The molecule has 244 valence electrons. The molecule has 3 heterocycles. The minimum absolute atomic E-state index is 0.0205. The molecule has 16 heteroatoms. The van der Waals surface area contributed by atoms with Crippen molar-refractivity contribution >= 4 is 17.7 Å². The lowest BCUT2D eigenvalue weighted by atomic mass is 9.95. The lowest BCUT2D eigenvalue weighted by Gasteiger charge is -2.33. The van der Waals surface area contributed by atoms with E-state index in [9.17, 15) is 31.1 Å². The van der Waals surface area contributed by atoms with Crippen LogP contribution in [-0.4, -0.2) is 45.0 Å². The van der Waals surface area contributed by atoms with Crippen molar-refractivity contribution in [1.82, 2.24) is 20.2 Å². The molecule has 1 amide bonds. The molecule has 0 saturated heterocycles. The quantitative estimate of drug-likeness (QED) is 0.327. The van der Waals surface area contributed by atoms with Crippen LogP contribution in [0.3, 0.4) is 0 Å². The smallest absolute Gasteiger partial charge is 0.416 e. The highest BCUT2D eigenvalue weighted by Gasteiger charge is 2.39. The number of anilines is 2. The predicted octanol–water partition coefficient (Wildman–Crippen LogP) is 5.98. The topological polar surface area (TPSA) is 112 Å². The normalized spacial score (nSPS) is 17.1. The largest absolute Gasteiger partial charge is 0.443 e. The van der Waals surface area contributed by atoms with Crippen LogP contribution < -0.4 is 15.5 Å². The summed E-state index contributed by atoms with van der Waals surface area (Å²) in [5.41, 5.74) is 4.52. The molecule has 0 aliphatic carbocycles. The zero-order valence-corrected chi connectivity index (χ0v) is 24.9. The molecule has 2 aliphatic heterocycles. The maximum atomic E-state index is 13.8. The Balaban J connectivity index is 1.65. The number of tetrazole rings is 1. The van der Waals surface area contributed by atoms with E-state index in [4.69, 9.17) is 15.2 Å². The number of hydrogen-bond donors (Lipinski definition) is 1. The molecule has 0 radical (unpaired) electrons. The van der Waals surface area contributed by atoms with Crippen LogP contribution in [0.1, 0.15) is 73.0 Å². The van der Waals surface area contributed by atoms with E-state index in [1.54, 1.807) is 20.8 Å². The highest BCUT2D eigenvalue weighted by Crippen LogP contribution is 2.43. The lowest BCUT2D eigenvalue weighted by Crippen LogP contribution is -2.37. The first-order chi connectivity index (χ1) is 21.0. The van der Waals surface area contributed by atoms with Gasteiger partial charge in [0.2, 0.25) is 0 Å². The molecule has 1 aromatic heterocycles. The second-order valence-corrected chi connectivity index (χ2v) is 12.0. The number of halogens is 6. The van der Waals surface area contributed by atoms with Crippen LogP contribution in [0.4, 0.5) is 42.8 Å². The van der Waals surface area contributed by atoms with Crippen molar-refractivity contribution in [1.29, 1.82) is 0 Å². The second kappa shape index (κ2) is 12.1. The summed E-state index contributed by atoms with van der Waals surface area (Å²) >= 11 is 0. The molecule has 0 spiro atoms. The van der Waals surface area contributed by atoms with Crippen LogP contribution in [0.25, 0.3) is 0 Å². The summed E-state index contributed by atoms with van der Waals surface area (Å²) in [5, 5.41) is 12.5. The molecule has 0 saturated carbocycles. The van der Waals surface area contributed by atoms with Gasteiger partial charge in [0.15, 0.2) is 0 Å². The Bertz CT molecular complexity index is 1520. The Morgan fingerprint density at radius 1 is 1.02 bits per heavy atom. The molecule has 2 N–H and O–H groups in total. The van der Waals surface area contributed by atoms with Crippen LogP contribution in [0.5, 0.6) is 0 Å². The van der Waals surface area contributed by atoms with Crippen molar-refractivity contribution in [3.63, 3.8) is 0 Å². The van der Waals surface area contributed by atoms with Crippen LogP contribution in [0, 0.1) is 0 Å². The lowest BCUT2D eigenvalue weighted by molar-refractivity contribution is -0.143. The summed E-state index contributed by atoms with van der Waals surface area (Å²) in [7, 11) is 0. The SMILES string of the molecule is CC(C)(C)OC(=O)N1CCC[C@H](N(Cc2cc(C(F)(F)F)cc(C(F)(F)F)c2)c2nnn(CCN)n2)c2cc3c(cc21)COC3. The number of hydrogen-bond acceptors (Lipinski definition) is 8. The fourth-order valence-corrected chi connectivity index (χ4v) is 5.47.